The van der Waals surface area contributed by atoms with E-state index in [0.29, 0.717) is 27.9 Å². The molecule has 0 aliphatic heterocycles. The van der Waals surface area contributed by atoms with E-state index in [0.717, 1.165) is 27.6 Å². The maximum atomic E-state index is 9.68. The first-order valence-electron chi connectivity index (χ1n) is 14.6. The fraction of sp³-hybridized carbons (Fsp3) is 0.0278. The molecule has 41 heavy (non-hydrogen) atoms. The van der Waals surface area contributed by atoms with Gasteiger partial charge >= 0.3 is 0 Å². The number of fused-ring (bicyclic) bond motifs is 3. The van der Waals surface area contributed by atoms with E-state index in [1.807, 2.05) is 79.0 Å². The number of aryl methyl sites for hydroxylation is 1. The van der Waals surface area contributed by atoms with Crippen LogP contribution in [0.25, 0.3) is 55.6 Å². The summed E-state index contributed by atoms with van der Waals surface area (Å²) in [6.07, 6.45) is 1.44. The number of aromatic nitrogens is 2. The van der Waals surface area contributed by atoms with Crippen molar-refractivity contribution in [2.45, 2.75) is 6.92 Å². The van der Waals surface area contributed by atoms with Gasteiger partial charge in [-0.1, -0.05) is 71.1 Å². The van der Waals surface area contributed by atoms with Crippen molar-refractivity contribution in [1.29, 1.82) is 5.26 Å². The quantitative estimate of drug-likeness (QED) is 0.172. The average molecular weight is 710 g/mol. The molecule has 4 aromatic carbocycles. The minimum Gasteiger partial charge on any atom is -0.500 e. The van der Waals surface area contributed by atoms with Crippen LogP contribution in [0.5, 0.6) is 0 Å². The molecule has 0 aliphatic rings. The van der Waals surface area contributed by atoms with Crippen molar-refractivity contribution in [2.75, 3.05) is 0 Å². The second kappa shape index (κ2) is 12.5. The number of benzene rings is 4. The van der Waals surface area contributed by atoms with Gasteiger partial charge in [-0.25, -0.2) is 0 Å². The van der Waals surface area contributed by atoms with Gasteiger partial charge < -0.3 is 14.4 Å². The minimum atomic E-state index is -0.393. The monoisotopic (exact) mass is 710 g/mol. The number of hydrogen-bond donors (Lipinski definition) is 0. The van der Waals surface area contributed by atoms with Crippen molar-refractivity contribution in [2.24, 2.45) is 0 Å². The molecule has 0 saturated carbocycles. The molecule has 0 N–H and O–H groups in total. The van der Waals surface area contributed by atoms with E-state index in [2.05, 4.69) is 41.2 Å². The van der Waals surface area contributed by atoms with Crippen LogP contribution in [0.2, 0.25) is 0 Å². The second-order valence-corrected chi connectivity index (χ2v) is 8.98. The van der Waals surface area contributed by atoms with Crippen molar-refractivity contribution in [3.05, 3.63) is 145 Å². The summed E-state index contributed by atoms with van der Waals surface area (Å²) in [4.78, 5) is 8.34. The topological polar surface area (TPSA) is 62.7 Å². The van der Waals surface area contributed by atoms with Crippen LogP contribution < -0.4 is 0 Å². The Labute approximate surface area is 257 Å². The van der Waals surface area contributed by atoms with Crippen molar-refractivity contribution in [3.8, 4) is 39.7 Å². The molecular weight excluding hydrogens is 683 g/mol. The van der Waals surface area contributed by atoms with Gasteiger partial charge in [0.15, 0.2) is 0 Å². The van der Waals surface area contributed by atoms with Crippen LogP contribution >= 0.6 is 0 Å². The molecule has 0 unspecified atom stereocenters. The average Bonchev–Trinajstić information content (AvgIpc) is 3.45. The Balaban J connectivity index is 0.000000240. The van der Waals surface area contributed by atoms with Gasteiger partial charge in [-0.15, -0.1) is 54.1 Å². The first kappa shape index (κ1) is 22.9. The summed E-state index contributed by atoms with van der Waals surface area (Å²) < 4.78 is 38.1. The molecule has 0 bridgehead atoms. The van der Waals surface area contributed by atoms with Crippen LogP contribution in [0.3, 0.4) is 0 Å². The van der Waals surface area contributed by atoms with Crippen LogP contribution in [0.1, 0.15) is 16.6 Å². The van der Waals surface area contributed by atoms with Gasteiger partial charge in [0, 0.05) is 43.4 Å². The molecule has 0 saturated heterocycles. The van der Waals surface area contributed by atoms with Crippen molar-refractivity contribution < 1.29 is 30.0 Å². The summed E-state index contributed by atoms with van der Waals surface area (Å²) in [5.41, 5.74) is 6.59. The van der Waals surface area contributed by atoms with Crippen molar-refractivity contribution in [3.63, 3.8) is 0 Å². The predicted octanol–water partition coefficient (Wildman–Crippen LogP) is 8.84. The first-order valence-corrected chi connectivity index (χ1v) is 12.6. The molecule has 4 nitrogen and oxygen atoms in total. The van der Waals surface area contributed by atoms with Crippen molar-refractivity contribution >= 4 is 21.9 Å². The molecular formula is C36H23IrN3O-2. The fourth-order valence-corrected chi connectivity index (χ4v) is 4.55. The number of nitrogens with zero attached hydrogens (tertiary/aromatic N) is 3. The molecule has 0 aliphatic carbocycles. The third-order valence-electron chi connectivity index (χ3n) is 6.39. The molecule has 0 fully saturated rings. The predicted molar refractivity (Wildman–Crippen MR) is 159 cm³/mol. The van der Waals surface area contributed by atoms with E-state index in [-0.39, 0.29) is 44.1 Å². The standard InChI is InChI=1S/C24H13N2O.C12H10N.Ir/c25-15-17-12-13-19-18-9-6-10-20(21-11-4-5-14-26-21)23(18)27-24(19)22(17)16-7-2-1-3-8-16;1-10-7-8-13-12(9-10)11-5-3-2-4-6-11;/h1-9,11-14H;2-5,7-9H,1H3;/q2*-1;/i4D,5D,11D,14D;;. The van der Waals surface area contributed by atoms with E-state index in [9.17, 15) is 5.26 Å². The third-order valence-corrected chi connectivity index (χ3v) is 6.39. The molecule has 7 rings (SSSR count). The smallest absolute Gasteiger partial charge is 0.130 e. The van der Waals surface area contributed by atoms with E-state index in [1.165, 1.54) is 5.56 Å². The fourth-order valence-electron chi connectivity index (χ4n) is 4.55. The SMILES string of the molecule is Cc1ccnc(-c2[c-]cccc2)c1.[2H]c1nc(-c2[c-]ccc3c2oc2c(-c4ccccc4)c(C#N)ccc23)c([2H])c([2H])c1[2H].[Ir]. The van der Waals surface area contributed by atoms with Crippen LogP contribution in [0, 0.1) is 30.4 Å². The normalized spacial score (nSPS) is 11.7. The van der Waals surface area contributed by atoms with E-state index in [4.69, 9.17) is 9.90 Å². The summed E-state index contributed by atoms with van der Waals surface area (Å²) in [5.74, 6) is 0. The molecule has 3 heterocycles. The Morgan fingerprint density at radius 1 is 0.829 bits per heavy atom. The van der Waals surface area contributed by atoms with E-state index < -0.39 is 6.04 Å². The van der Waals surface area contributed by atoms with Crippen LogP contribution in [0.15, 0.2) is 126 Å². The maximum absolute atomic E-state index is 9.68. The number of furan rings is 1. The minimum absolute atomic E-state index is 0. The van der Waals surface area contributed by atoms with Gasteiger partial charge in [0.25, 0.3) is 0 Å². The van der Waals surface area contributed by atoms with Gasteiger partial charge in [0.05, 0.1) is 22.7 Å². The summed E-state index contributed by atoms with van der Waals surface area (Å²) in [7, 11) is 0. The molecule has 3 aromatic heterocycles. The summed E-state index contributed by atoms with van der Waals surface area (Å²) in [6.45, 7) is 2.06. The molecule has 1 radical (unpaired) electrons. The number of hydrogen-bond acceptors (Lipinski definition) is 4. The van der Waals surface area contributed by atoms with Crippen LogP contribution in [-0.4, -0.2) is 9.97 Å². The van der Waals surface area contributed by atoms with Gasteiger partial charge in [0.2, 0.25) is 0 Å². The Morgan fingerprint density at radius 3 is 2.44 bits per heavy atom. The largest absolute Gasteiger partial charge is 0.500 e. The molecule has 0 atom stereocenters. The number of nitriles is 1. The van der Waals surface area contributed by atoms with Crippen LogP contribution in [-0.2, 0) is 20.1 Å². The van der Waals surface area contributed by atoms with E-state index in [1.54, 1.807) is 12.1 Å². The Kier molecular flexibility index (Phi) is 6.99. The Hall–Kier alpha value is -4.88. The zero-order valence-corrected chi connectivity index (χ0v) is 24.2. The molecule has 199 valence electrons. The molecule has 5 heteroatoms. The Bertz CT molecular complexity index is 2200. The van der Waals surface area contributed by atoms with E-state index >= 15 is 0 Å². The third kappa shape index (κ3) is 5.71. The zero-order valence-electron chi connectivity index (χ0n) is 25.8. The zero-order chi connectivity index (χ0) is 30.8. The van der Waals surface area contributed by atoms with Crippen LogP contribution in [0.4, 0.5) is 0 Å². The second-order valence-electron chi connectivity index (χ2n) is 8.98. The van der Waals surface area contributed by atoms with Gasteiger partial charge in [-0.3, -0.25) is 0 Å². The number of rotatable bonds is 3. The summed E-state index contributed by atoms with van der Waals surface area (Å²) >= 11 is 0. The molecule has 7 aromatic rings. The molecule has 0 spiro atoms. The summed E-state index contributed by atoms with van der Waals surface area (Å²) in [5, 5.41) is 11.2. The summed E-state index contributed by atoms with van der Waals surface area (Å²) in [6, 6.07) is 35.9. The van der Waals surface area contributed by atoms with Crippen molar-refractivity contribution in [1.82, 2.24) is 9.97 Å². The van der Waals surface area contributed by atoms with Gasteiger partial charge in [-0.2, -0.15) is 5.26 Å². The van der Waals surface area contributed by atoms with Gasteiger partial charge in [-0.05, 0) is 42.1 Å². The maximum Gasteiger partial charge on any atom is 0.130 e. The first-order chi connectivity index (χ1) is 21.4. The molecule has 0 amide bonds. The number of pyridine rings is 2. The van der Waals surface area contributed by atoms with Gasteiger partial charge in [0.1, 0.15) is 5.58 Å². The Morgan fingerprint density at radius 2 is 1.66 bits per heavy atom.